The van der Waals surface area contributed by atoms with E-state index in [1.807, 2.05) is 13.8 Å². The molecule has 2 rings (SSSR count). The van der Waals surface area contributed by atoms with Gasteiger partial charge in [-0.2, -0.15) is 0 Å². The van der Waals surface area contributed by atoms with E-state index in [9.17, 15) is 15.0 Å². The first-order valence-corrected chi connectivity index (χ1v) is 7.56. The zero-order valence-corrected chi connectivity index (χ0v) is 13.7. The van der Waals surface area contributed by atoms with Gasteiger partial charge < -0.3 is 10.2 Å². The van der Waals surface area contributed by atoms with Gasteiger partial charge in [-0.25, -0.2) is 4.79 Å². The van der Waals surface area contributed by atoms with Crippen LogP contribution in [0.5, 0.6) is 0 Å². The fourth-order valence-electron chi connectivity index (χ4n) is 3.09. The lowest BCUT2D eigenvalue weighted by atomic mass is 9.67. The molecule has 21 heavy (non-hydrogen) atoms. The fourth-order valence-corrected chi connectivity index (χ4v) is 3.38. The standard InChI is InChI=1S/C16H18Cl2O3/c1-8-7-16(21,11-4-5-12(17)13(18)6-11)14(15(19)20)10(3)9(8)2/h4-6,8-9,21H,7H2,1-3H3,(H,19,20). The molecule has 1 aliphatic rings. The second-order valence-corrected chi connectivity index (χ2v) is 6.64. The molecule has 0 saturated heterocycles. The zero-order valence-electron chi connectivity index (χ0n) is 12.2. The van der Waals surface area contributed by atoms with Crippen LogP contribution >= 0.6 is 23.2 Å². The molecule has 0 saturated carbocycles. The van der Waals surface area contributed by atoms with E-state index in [-0.39, 0.29) is 17.4 Å². The Hall–Kier alpha value is -1.03. The van der Waals surface area contributed by atoms with Crippen LogP contribution in [-0.4, -0.2) is 16.2 Å². The van der Waals surface area contributed by atoms with Gasteiger partial charge in [-0.05, 0) is 42.9 Å². The highest BCUT2D eigenvalue weighted by Gasteiger charge is 2.45. The lowest BCUT2D eigenvalue weighted by Crippen LogP contribution is -2.41. The van der Waals surface area contributed by atoms with Crippen LogP contribution in [0, 0.1) is 11.8 Å². The van der Waals surface area contributed by atoms with Crippen molar-refractivity contribution in [1.82, 2.24) is 0 Å². The predicted molar refractivity (Wildman–Crippen MR) is 83.6 cm³/mol. The van der Waals surface area contributed by atoms with Crippen LogP contribution in [-0.2, 0) is 10.4 Å². The monoisotopic (exact) mass is 328 g/mol. The molecule has 0 amide bonds. The third kappa shape index (κ3) is 2.70. The zero-order chi connectivity index (χ0) is 15.9. The highest BCUT2D eigenvalue weighted by atomic mass is 35.5. The highest BCUT2D eigenvalue weighted by Crippen LogP contribution is 2.47. The van der Waals surface area contributed by atoms with Gasteiger partial charge in [-0.1, -0.05) is 48.7 Å². The molecule has 114 valence electrons. The molecule has 5 heteroatoms. The third-order valence-electron chi connectivity index (χ3n) is 4.57. The van der Waals surface area contributed by atoms with Gasteiger partial charge in [-0.3, -0.25) is 0 Å². The Morgan fingerprint density at radius 2 is 1.90 bits per heavy atom. The first-order valence-electron chi connectivity index (χ1n) is 6.81. The van der Waals surface area contributed by atoms with Crippen molar-refractivity contribution in [2.75, 3.05) is 0 Å². The summed E-state index contributed by atoms with van der Waals surface area (Å²) in [7, 11) is 0. The number of carboxylic acid groups (broad SMARTS) is 1. The molecule has 1 aromatic carbocycles. The van der Waals surface area contributed by atoms with Crippen molar-refractivity contribution in [3.8, 4) is 0 Å². The Morgan fingerprint density at radius 1 is 1.29 bits per heavy atom. The van der Waals surface area contributed by atoms with Crippen LogP contribution in [0.25, 0.3) is 0 Å². The molecule has 1 aliphatic carbocycles. The first kappa shape index (κ1) is 16.3. The molecule has 2 N–H and O–H groups in total. The van der Waals surface area contributed by atoms with Crippen molar-refractivity contribution in [3.05, 3.63) is 45.0 Å². The summed E-state index contributed by atoms with van der Waals surface area (Å²) in [6.45, 7) is 5.76. The van der Waals surface area contributed by atoms with E-state index in [0.29, 0.717) is 27.6 Å². The molecule has 3 atom stereocenters. The van der Waals surface area contributed by atoms with Crippen LogP contribution in [0.4, 0.5) is 0 Å². The van der Waals surface area contributed by atoms with Crippen LogP contribution in [0.2, 0.25) is 10.0 Å². The number of carboxylic acids is 1. The van der Waals surface area contributed by atoms with Crippen LogP contribution in [0.1, 0.15) is 32.8 Å². The number of hydrogen-bond donors (Lipinski definition) is 2. The highest BCUT2D eigenvalue weighted by molar-refractivity contribution is 6.42. The maximum absolute atomic E-state index is 11.7. The molecule has 0 bridgehead atoms. The molecule has 0 spiro atoms. The van der Waals surface area contributed by atoms with E-state index in [2.05, 4.69) is 0 Å². The number of carbonyl (C=O) groups is 1. The average molecular weight is 329 g/mol. The Morgan fingerprint density at radius 3 is 2.43 bits per heavy atom. The van der Waals surface area contributed by atoms with Crippen LogP contribution in [0.3, 0.4) is 0 Å². The molecule has 0 fully saturated rings. The van der Waals surface area contributed by atoms with Crippen molar-refractivity contribution in [1.29, 1.82) is 0 Å². The molecule has 0 heterocycles. The average Bonchev–Trinajstić information content (AvgIpc) is 2.38. The van der Waals surface area contributed by atoms with Gasteiger partial charge in [0.05, 0.1) is 15.6 Å². The number of allylic oxidation sites excluding steroid dienone is 1. The Balaban J connectivity index is 2.67. The normalized spacial score (nSPS) is 29.6. The van der Waals surface area contributed by atoms with Crippen LogP contribution < -0.4 is 0 Å². The van der Waals surface area contributed by atoms with Gasteiger partial charge in [0.25, 0.3) is 0 Å². The summed E-state index contributed by atoms with van der Waals surface area (Å²) in [6.07, 6.45) is 0.338. The smallest absolute Gasteiger partial charge is 0.334 e. The van der Waals surface area contributed by atoms with E-state index in [0.717, 1.165) is 0 Å². The minimum atomic E-state index is -1.55. The molecular weight excluding hydrogens is 311 g/mol. The van der Waals surface area contributed by atoms with E-state index in [4.69, 9.17) is 23.2 Å². The minimum absolute atomic E-state index is 0.0477. The maximum atomic E-state index is 11.7. The van der Waals surface area contributed by atoms with E-state index >= 15 is 0 Å². The third-order valence-corrected chi connectivity index (χ3v) is 5.31. The summed E-state index contributed by atoms with van der Waals surface area (Å²) < 4.78 is 0. The summed E-state index contributed by atoms with van der Waals surface area (Å²) >= 11 is 11.9. The fraction of sp³-hybridized carbons (Fsp3) is 0.438. The lowest BCUT2D eigenvalue weighted by Gasteiger charge is -2.41. The van der Waals surface area contributed by atoms with Crippen molar-refractivity contribution in [2.24, 2.45) is 11.8 Å². The number of aliphatic carboxylic acids is 1. The second kappa shape index (κ2) is 5.64. The first-order chi connectivity index (χ1) is 9.68. The van der Waals surface area contributed by atoms with Crippen molar-refractivity contribution < 1.29 is 15.0 Å². The summed E-state index contributed by atoms with van der Waals surface area (Å²) in [5.74, 6) is -0.827. The number of benzene rings is 1. The molecule has 0 aromatic heterocycles. The SMILES string of the molecule is CC1=C(C(=O)O)C(O)(c2ccc(Cl)c(Cl)c2)CC(C)C1C. The molecule has 1 aromatic rings. The van der Waals surface area contributed by atoms with Gasteiger partial charge in [0, 0.05) is 0 Å². The molecule has 0 aliphatic heterocycles. The molecule has 3 nitrogen and oxygen atoms in total. The van der Waals surface area contributed by atoms with E-state index in [1.165, 1.54) is 0 Å². The number of aliphatic hydroxyl groups is 1. The van der Waals surface area contributed by atoms with Crippen molar-refractivity contribution in [2.45, 2.75) is 32.8 Å². The number of rotatable bonds is 2. The maximum Gasteiger partial charge on any atom is 0.334 e. The van der Waals surface area contributed by atoms with Crippen LogP contribution in [0.15, 0.2) is 29.3 Å². The quantitative estimate of drug-likeness (QED) is 0.852. The Bertz CT molecular complexity index is 624. The van der Waals surface area contributed by atoms with E-state index < -0.39 is 11.6 Å². The minimum Gasteiger partial charge on any atom is -0.478 e. The van der Waals surface area contributed by atoms with Gasteiger partial charge in [0.15, 0.2) is 0 Å². The van der Waals surface area contributed by atoms with Gasteiger partial charge in [0.1, 0.15) is 5.60 Å². The lowest BCUT2D eigenvalue weighted by molar-refractivity contribution is -0.136. The largest absolute Gasteiger partial charge is 0.478 e. The predicted octanol–water partition coefficient (Wildman–Crippen LogP) is 4.26. The summed E-state index contributed by atoms with van der Waals surface area (Å²) in [4.78, 5) is 11.7. The summed E-state index contributed by atoms with van der Waals surface area (Å²) in [5.41, 5.74) is -0.329. The molecule has 0 radical (unpaired) electrons. The topological polar surface area (TPSA) is 57.5 Å². The second-order valence-electron chi connectivity index (χ2n) is 5.82. The van der Waals surface area contributed by atoms with Gasteiger partial charge in [0.2, 0.25) is 0 Å². The Labute approximate surface area is 134 Å². The van der Waals surface area contributed by atoms with Gasteiger partial charge in [-0.15, -0.1) is 0 Å². The Kier molecular flexibility index (Phi) is 4.39. The number of halogens is 2. The van der Waals surface area contributed by atoms with Crippen molar-refractivity contribution >= 4 is 29.2 Å². The summed E-state index contributed by atoms with van der Waals surface area (Å²) in [6, 6.07) is 4.75. The number of hydrogen-bond acceptors (Lipinski definition) is 2. The van der Waals surface area contributed by atoms with E-state index in [1.54, 1.807) is 25.1 Å². The molecular formula is C16H18Cl2O3. The summed E-state index contributed by atoms with van der Waals surface area (Å²) in [5, 5.41) is 21.3. The van der Waals surface area contributed by atoms with Crippen molar-refractivity contribution in [3.63, 3.8) is 0 Å². The van der Waals surface area contributed by atoms with Gasteiger partial charge >= 0.3 is 5.97 Å². The molecule has 3 unspecified atom stereocenters.